The molecule has 3 aliphatic rings. The highest BCUT2D eigenvalue weighted by Gasteiger charge is 2.55. The van der Waals surface area contributed by atoms with Crippen LogP contribution >= 0.6 is 11.3 Å². The molecule has 2 saturated heterocycles. The number of carbonyl (C=O) groups excluding carboxylic acids is 4. The molecule has 0 spiro atoms. The molecule has 3 fully saturated rings. The van der Waals surface area contributed by atoms with Crippen molar-refractivity contribution in [2.24, 2.45) is 5.16 Å². The zero-order chi connectivity index (χ0) is 27.0. The van der Waals surface area contributed by atoms with Gasteiger partial charge in [0, 0.05) is 24.8 Å². The highest BCUT2D eigenvalue weighted by Crippen LogP contribution is 2.40. The number of anilines is 1. The van der Waals surface area contributed by atoms with Crippen molar-refractivity contribution in [3.8, 4) is 0 Å². The lowest BCUT2D eigenvalue weighted by molar-refractivity contribution is -0.153. The number of thiazole rings is 1. The monoisotopic (exact) mass is 538 g/mol. The van der Waals surface area contributed by atoms with E-state index in [0.717, 1.165) is 11.3 Å². The SMILES string of the molecule is CC(C)(C)OC(=O)Nc1nc(C(=NOC2(C(=O)O)CC2)C(=O)N[C@@H]2C(=O)N[C@H]2CN2CCOC2=O)cs1. The number of aromatic nitrogens is 1. The summed E-state index contributed by atoms with van der Waals surface area (Å²) in [7, 11) is 0. The fourth-order valence-corrected chi connectivity index (χ4v) is 4.11. The molecule has 0 aromatic carbocycles. The molecule has 1 aliphatic carbocycles. The van der Waals surface area contributed by atoms with E-state index in [1.165, 1.54) is 10.3 Å². The molecular formula is C21H26N6O9S. The first-order chi connectivity index (χ1) is 17.4. The van der Waals surface area contributed by atoms with Gasteiger partial charge in [0.05, 0.1) is 12.6 Å². The number of β-lactam (4-membered cyclic amide) rings is 1. The van der Waals surface area contributed by atoms with E-state index in [0.29, 0.717) is 6.54 Å². The quantitative estimate of drug-likeness (QED) is 0.192. The maximum absolute atomic E-state index is 13.2. The second-order valence-corrected chi connectivity index (χ2v) is 10.5. The number of rotatable bonds is 9. The number of ether oxygens (including phenoxy) is 2. The van der Waals surface area contributed by atoms with Crippen LogP contribution in [0.2, 0.25) is 0 Å². The van der Waals surface area contributed by atoms with Gasteiger partial charge in [-0.15, -0.1) is 11.3 Å². The topological polar surface area (TPSA) is 198 Å². The Morgan fingerprint density at radius 2 is 2.08 bits per heavy atom. The van der Waals surface area contributed by atoms with Crippen LogP contribution in [0.3, 0.4) is 0 Å². The molecule has 200 valence electrons. The van der Waals surface area contributed by atoms with Gasteiger partial charge in [0.2, 0.25) is 11.5 Å². The fourth-order valence-electron chi connectivity index (χ4n) is 3.42. The molecular weight excluding hydrogens is 512 g/mol. The van der Waals surface area contributed by atoms with Crippen LogP contribution in [-0.2, 0) is 28.7 Å². The number of hydrogen-bond donors (Lipinski definition) is 4. The van der Waals surface area contributed by atoms with E-state index in [9.17, 15) is 29.1 Å². The standard InChI is InChI=1S/C21H26N6O9S/c1-20(2,3)35-18(32)25-17-23-11(9-37-17)13(26-36-21(4-5-21)16(30)31)15(29)24-12-10(22-14(12)28)8-27-6-7-34-19(27)33/h9-10,12H,4-8H2,1-3H3,(H,22,28)(H,24,29)(H,30,31)(H,23,25,32)/t10-,12-/m0/s1. The van der Waals surface area contributed by atoms with Crippen LogP contribution in [0.15, 0.2) is 10.5 Å². The Balaban J connectivity index is 1.49. The summed E-state index contributed by atoms with van der Waals surface area (Å²) in [4.78, 5) is 71.4. The number of aliphatic carboxylic acids is 1. The van der Waals surface area contributed by atoms with Gasteiger partial charge >= 0.3 is 18.2 Å². The van der Waals surface area contributed by atoms with Crippen molar-refractivity contribution in [3.63, 3.8) is 0 Å². The Hall–Kier alpha value is -3.95. The van der Waals surface area contributed by atoms with E-state index in [1.54, 1.807) is 20.8 Å². The summed E-state index contributed by atoms with van der Waals surface area (Å²) in [5.41, 5.74) is -2.69. The second-order valence-electron chi connectivity index (χ2n) is 9.62. The Kier molecular flexibility index (Phi) is 6.94. The molecule has 15 nitrogen and oxygen atoms in total. The molecule has 4 N–H and O–H groups in total. The largest absolute Gasteiger partial charge is 0.478 e. The second kappa shape index (κ2) is 9.84. The molecule has 4 amide bonds. The molecule has 0 radical (unpaired) electrons. The van der Waals surface area contributed by atoms with Gasteiger partial charge in [-0.1, -0.05) is 5.16 Å². The number of hydrogen-bond acceptors (Lipinski definition) is 11. The number of carboxylic acids is 1. The summed E-state index contributed by atoms with van der Waals surface area (Å²) >= 11 is 0.973. The van der Waals surface area contributed by atoms with Crippen molar-refractivity contribution < 1.29 is 43.4 Å². The number of cyclic esters (lactones) is 1. The smallest absolute Gasteiger partial charge is 0.413 e. The summed E-state index contributed by atoms with van der Waals surface area (Å²) in [6.45, 7) is 5.80. The highest BCUT2D eigenvalue weighted by molar-refractivity contribution is 7.14. The van der Waals surface area contributed by atoms with Crippen molar-refractivity contribution in [1.82, 2.24) is 20.5 Å². The maximum atomic E-state index is 13.2. The minimum atomic E-state index is -1.54. The third kappa shape index (κ3) is 6.07. The number of carbonyl (C=O) groups is 5. The van der Waals surface area contributed by atoms with E-state index in [1.807, 2.05) is 0 Å². The van der Waals surface area contributed by atoms with Gasteiger partial charge in [0.15, 0.2) is 10.8 Å². The highest BCUT2D eigenvalue weighted by atomic mass is 32.1. The van der Waals surface area contributed by atoms with E-state index in [2.05, 4.69) is 26.1 Å². The predicted molar refractivity (Wildman–Crippen MR) is 126 cm³/mol. The lowest BCUT2D eigenvalue weighted by Crippen LogP contribution is -2.72. The van der Waals surface area contributed by atoms with Crippen molar-refractivity contribution in [2.45, 2.75) is 56.9 Å². The number of nitrogens with zero attached hydrogens (tertiary/aromatic N) is 3. The number of nitrogens with one attached hydrogen (secondary N) is 3. The van der Waals surface area contributed by atoms with Crippen LogP contribution in [-0.4, -0.2) is 93.7 Å². The van der Waals surface area contributed by atoms with Crippen LogP contribution in [0.25, 0.3) is 0 Å². The van der Waals surface area contributed by atoms with Crippen LogP contribution in [0.1, 0.15) is 39.3 Å². The number of carboxylic acid groups (broad SMARTS) is 1. The average molecular weight is 539 g/mol. The minimum Gasteiger partial charge on any atom is -0.478 e. The van der Waals surface area contributed by atoms with Crippen LogP contribution in [0, 0.1) is 0 Å². The molecule has 1 aromatic heterocycles. The molecule has 4 rings (SSSR count). The van der Waals surface area contributed by atoms with Gasteiger partial charge in [0.1, 0.15) is 23.9 Å². The first kappa shape index (κ1) is 26.1. The van der Waals surface area contributed by atoms with Crippen molar-refractivity contribution in [2.75, 3.05) is 25.0 Å². The zero-order valence-corrected chi connectivity index (χ0v) is 21.0. The predicted octanol–water partition coefficient (Wildman–Crippen LogP) is 0.263. The van der Waals surface area contributed by atoms with E-state index in [4.69, 9.17) is 14.3 Å². The molecule has 0 bridgehead atoms. The minimum absolute atomic E-state index is 0.0193. The van der Waals surface area contributed by atoms with Gasteiger partial charge in [-0.05, 0) is 20.8 Å². The van der Waals surface area contributed by atoms with Gasteiger partial charge in [-0.2, -0.15) is 0 Å². The first-order valence-electron chi connectivity index (χ1n) is 11.4. The van der Waals surface area contributed by atoms with Crippen LogP contribution < -0.4 is 16.0 Å². The van der Waals surface area contributed by atoms with Crippen LogP contribution in [0.4, 0.5) is 14.7 Å². The molecule has 2 atom stereocenters. The lowest BCUT2D eigenvalue weighted by Gasteiger charge is -2.38. The van der Waals surface area contributed by atoms with Gasteiger partial charge in [0.25, 0.3) is 5.91 Å². The number of oxime groups is 1. The Morgan fingerprint density at radius 3 is 2.65 bits per heavy atom. The summed E-state index contributed by atoms with van der Waals surface area (Å²) in [6.07, 6.45) is -0.854. The van der Waals surface area contributed by atoms with Crippen molar-refractivity contribution in [1.29, 1.82) is 0 Å². The Bertz CT molecular complexity index is 1160. The molecule has 1 saturated carbocycles. The maximum Gasteiger partial charge on any atom is 0.413 e. The molecule has 16 heteroatoms. The van der Waals surface area contributed by atoms with E-state index < -0.39 is 53.3 Å². The molecule has 37 heavy (non-hydrogen) atoms. The molecule has 2 aliphatic heterocycles. The summed E-state index contributed by atoms with van der Waals surface area (Å²) < 4.78 is 10.1. The third-order valence-corrected chi connectivity index (χ3v) is 6.29. The summed E-state index contributed by atoms with van der Waals surface area (Å²) in [6, 6.07) is -1.56. The van der Waals surface area contributed by atoms with Crippen molar-refractivity contribution in [3.05, 3.63) is 11.1 Å². The Labute approximate surface area is 214 Å². The zero-order valence-electron chi connectivity index (χ0n) is 20.2. The molecule has 1 aromatic rings. The van der Waals surface area contributed by atoms with Crippen LogP contribution in [0.5, 0.6) is 0 Å². The number of amides is 4. The summed E-state index contributed by atoms with van der Waals surface area (Å²) in [5.74, 6) is -2.55. The van der Waals surface area contributed by atoms with E-state index >= 15 is 0 Å². The van der Waals surface area contributed by atoms with Crippen molar-refractivity contribution >= 4 is 52.2 Å². The molecule has 0 unspecified atom stereocenters. The molecule has 3 heterocycles. The third-order valence-electron chi connectivity index (χ3n) is 5.54. The van der Waals surface area contributed by atoms with Gasteiger partial charge in [-0.25, -0.2) is 19.4 Å². The Morgan fingerprint density at radius 1 is 1.35 bits per heavy atom. The normalized spacial score (nSPS) is 22.4. The van der Waals surface area contributed by atoms with Gasteiger partial charge in [-0.3, -0.25) is 14.9 Å². The fraction of sp³-hybridized carbons (Fsp3) is 0.571. The lowest BCUT2D eigenvalue weighted by atomic mass is 9.98. The van der Waals surface area contributed by atoms with Gasteiger partial charge < -0.3 is 35.0 Å². The first-order valence-corrected chi connectivity index (χ1v) is 12.2. The van der Waals surface area contributed by atoms with E-state index in [-0.39, 0.29) is 42.5 Å². The summed E-state index contributed by atoms with van der Waals surface area (Å²) in [5, 5.41) is 22.3. The average Bonchev–Trinajstić information content (AvgIpc) is 3.29.